The molecule has 0 radical (unpaired) electrons. The first kappa shape index (κ1) is 15.3. The standard InChI is InChI=1S/C13H13N5OS2/c1-15-12-16-17-13(21-12)20-9-11(19)18(8-7-14)10-5-3-2-4-6-10/h2-6H,8-9H2,1H3,(H,15,16). The van der Waals surface area contributed by atoms with Gasteiger partial charge in [-0.25, -0.2) is 0 Å². The zero-order valence-electron chi connectivity index (χ0n) is 11.3. The third-order valence-corrected chi connectivity index (χ3v) is 4.60. The number of nitrogens with zero attached hydrogens (tertiary/aromatic N) is 4. The molecule has 6 nitrogen and oxygen atoms in total. The van der Waals surface area contributed by atoms with Crippen LogP contribution >= 0.6 is 23.1 Å². The first-order valence-electron chi connectivity index (χ1n) is 6.11. The van der Waals surface area contributed by atoms with Crippen molar-refractivity contribution in [3.8, 4) is 6.07 Å². The molecule has 0 bridgehead atoms. The second-order valence-electron chi connectivity index (χ2n) is 3.89. The normalized spacial score (nSPS) is 9.90. The van der Waals surface area contributed by atoms with Gasteiger partial charge >= 0.3 is 0 Å². The fraction of sp³-hybridized carbons (Fsp3) is 0.231. The lowest BCUT2D eigenvalue weighted by Crippen LogP contribution is -2.32. The van der Waals surface area contributed by atoms with Crippen LogP contribution in [0.1, 0.15) is 0 Å². The van der Waals surface area contributed by atoms with E-state index in [4.69, 9.17) is 5.26 Å². The summed E-state index contributed by atoms with van der Waals surface area (Å²) < 4.78 is 0.720. The molecule has 1 heterocycles. The molecule has 1 amide bonds. The zero-order valence-corrected chi connectivity index (χ0v) is 12.9. The van der Waals surface area contributed by atoms with Gasteiger partial charge in [0.1, 0.15) is 6.54 Å². The molecule has 1 aromatic carbocycles. The molecule has 0 aliphatic rings. The number of aromatic nitrogens is 2. The zero-order chi connectivity index (χ0) is 15.1. The number of thioether (sulfide) groups is 1. The van der Waals surface area contributed by atoms with Crippen molar-refractivity contribution in [1.29, 1.82) is 5.26 Å². The van der Waals surface area contributed by atoms with Crippen molar-refractivity contribution in [2.24, 2.45) is 0 Å². The van der Waals surface area contributed by atoms with Crippen LogP contribution in [0.3, 0.4) is 0 Å². The van der Waals surface area contributed by atoms with E-state index in [9.17, 15) is 4.79 Å². The summed E-state index contributed by atoms with van der Waals surface area (Å²) >= 11 is 2.71. The number of hydrogen-bond acceptors (Lipinski definition) is 7. The van der Waals surface area contributed by atoms with Crippen molar-refractivity contribution in [2.75, 3.05) is 29.6 Å². The summed E-state index contributed by atoms with van der Waals surface area (Å²) in [7, 11) is 1.77. The molecule has 1 aromatic heterocycles. The molecule has 2 aromatic rings. The molecule has 0 saturated heterocycles. The van der Waals surface area contributed by atoms with E-state index < -0.39 is 0 Å². The van der Waals surface area contributed by atoms with E-state index in [1.807, 2.05) is 36.4 Å². The maximum absolute atomic E-state index is 12.3. The van der Waals surface area contributed by atoms with Crippen molar-refractivity contribution >= 4 is 39.8 Å². The highest BCUT2D eigenvalue weighted by Gasteiger charge is 2.16. The van der Waals surface area contributed by atoms with Gasteiger partial charge in [-0.2, -0.15) is 5.26 Å². The van der Waals surface area contributed by atoms with Gasteiger partial charge in [0.15, 0.2) is 4.34 Å². The Hall–Kier alpha value is -2.11. The number of nitriles is 1. The summed E-state index contributed by atoms with van der Waals surface area (Å²) in [5, 5.41) is 20.4. The van der Waals surface area contributed by atoms with Crippen LogP contribution in [0.2, 0.25) is 0 Å². The van der Waals surface area contributed by atoms with Gasteiger partial charge in [0.05, 0.1) is 11.8 Å². The maximum atomic E-state index is 12.3. The highest BCUT2D eigenvalue weighted by molar-refractivity contribution is 8.01. The third-order valence-electron chi connectivity index (χ3n) is 2.54. The first-order chi connectivity index (χ1) is 10.2. The highest BCUT2D eigenvalue weighted by Crippen LogP contribution is 2.25. The van der Waals surface area contributed by atoms with Gasteiger partial charge < -0.3 is 5.32 Å². The number of carbonyl (C=O) groups is 1. The number of amides is 1. The van der Waals surface area contributed by atoms with Crippen molar-refractivity contribution in [2.45, 2.75) is 4.34 Å². The molecule has 2 rings (SSSR count). The fourth-order valence-corrected chi connectivity index (χ4v) is 3.15. The maximum Gasteiger partial charge on any atom is 0.238 e. The van der Waals surface area contributed by atoms with E-state index in [1.54, 1.807) is 7.05 Å². The number of para-hydroxylation sites is 1. The van der Waals surface area contributed by atoms with Crippen LogP contribution in [0.4, 0.5) is 10.8 Å². The molecule has 21 heavy (non-hydrogen) atoms. The smallest absolute Gasteiger partial charge is 0.238 e. The minimum absolute atomic E-state index is 0.0291. The second kappa shape index (κ2) is 7.61. The molecule has 108 valence electrons. The summed E-state index contributed by atoms with van der Waals surface area (Å²) in [6.07, 6.45) is 0. The fourth-order valence-electron chi connectivity index (χ4n) is 1.57. The summed E-state index contributed by atoms with van der Waals surface area (Å²) in [6, 6.07) is 11.2. The number of benzene rings is 1. The predicted molar refractivity (Wildman–Crippen MR) is 84.6 cm³/mol. The Morgan fingerprint density at radius 3 is 2.81 bits per heavy atom. The van der Waals surface area contributed by atoms with Gasteiger partial charge in [-0.3, -0.25) is 9.69 Å². The summed E-state index contributed by atoms with van der Waals surface area (Å²) in [6.45, 7) is 0.0291. The van der Waals surface area contributed by atoms with Crippen LogP contribution in [0.15, 0.2) is 34.7 Å². The van der Waals surface area contributed by atoms with Crippen molar-refractivity contribution in [3.05, 3.63) is 30.3 Å². The van der Waals surface area contributed by atoms with Crippen molar-refractivity contribution in [3.63, 3.8) is 0 Å². The number of carbonyl (C=O) groups excluding carboxylic acids is 1. The van der Waals surface area contributed by atoms with Crippen molar-refractivity contribution < 1.29 is 4.79 Å². The molecule has 0 spiro atoms. The molecule has 1 N–H and O–H groups in total. The van der Waals surface area contributed by atoms with E-state index in [0.29, 0.717) is 5.13 Å². The number of rotatable bonds is 6. The lowest BCUT2D eigenvalue weighted by molar-refractivity contribution is -0.116. The molecular weight excluding hydrogens is 306 g/mol. The van der Waals surface area contributed by atoms with E-state index in [1.165, 1.54) is 28.0 Å². The van der Waals surface area contributed by atoms with Gasteiger partial charge in [-0.05, 0) is 12.1 Å². The molecule has 0 aliphatic heterocycles. The van der Waals surface area contributed by atoms with Crippen LogP contribution in [0.5, 0.6) is 0 Å². The summed E-state index contributed by atoms with van der Waals surface area (Å²) in [5.74, 6) is 0.0866. The minimum atomic E-state index is -0.131. The van der Waals surface area contributed by atoms with Gasteiger partial charge in [-0.1, -0.05) is 41.3 Å². The molecule has 0 atom stereocenters. The topological polar surface area (TPSA) is 81.9 Å². The van der Waals surface area contributed by atoms with Gasteiger partial charge in [0.2, 0.25) is 11.0 Å². The summed E-state index contributed by atoms with van der Waals surface area (Å²) in [4.78, 5) is 13.7. The van der Waals surface area contributed by atoms with E-state index in [0.717, 1.165) is 10.0 Å². The third kappa shape index (κ3) is 4.18. The van der Waals surface area contributed by atoms with Crippen LogP contribution < -0.4 is 10.2 Å². The van der Waals surface area contributed by atoms with Crippen LogP contribution in [-0.2, 0) is 4.79 Å². The van der Waals surface area contributed by atoms with Gasteiger partial charge in [0.25, 0.3) is 0 Å². The SMILES string of the molecule is CNc1nnc(SCC(=O)N(CC#N)c2ccccc2)s1. The molecule has 0 unspecified atom stereocenters. The number of anilines is 2. The van der Waals surface area contributed by atoms with Crippen LogP contribution in [0, 0.1) is 11.3 Å². The van der Waals surface area contributed by atoms with Gasteiger partial charge in [-0.15, -0.1) is 10.2 Å². The van der Waals surface area contributed by atoms with Crippen LogP contribution in [0.25, 0.3) is 0 Å². The lowest BCUT2D eigenvalue weighted by atomic mass is 10.3. The monoisotopic (exact) mass is 319 g/mol. The van der Waals surface area contributed by atoms with E-state index in [-0.39, 0.29) is 18.2 Å². The Balaban J connectivity index is 2.01. The minimum Gasteiger partial charge on any atom is -0.363 e. The highest BCUT2D eigenvalue weighted by atomic mass is 32.2. The predicted octanol–water partition coefficient (Wildman–Crippen LogP) is 2.23. The van der Waals surface area contributed by atoms with E-state index >= 15 is 0 Å². The quantitative estimate of drug-likeness (QED) is 0.649. The molecule has 0 saturated carbocycles. The van der Waals surface area contributed by atoms with E-state index in [2.05, 4.69) is 15.5 Å². The molecule has 8 heteroatoms. The van der Waals surface area contributed by atoms with Crippen molar-refractivity contribution in [1.82, 2.24) is 10.2 Å². The Kier molecular flexibility index (Phi) is 5.54. The molecule has 0 aliphatic carbocycles. The Morgan fingerprint density at radius 1 is 1.43 bits per heavy atom. The average molecular weight is 319 g/mol. The lowest BCUT2D eigenvalue weighted by Gasteiger charge is -2.19. The first-order valence-corrected chi connectivity index (χ1v) is 7.91. The van der Waals surface area contributed by atoms with Crippen LogP contribution in [-0.4, -0.2) is 35.4 Å². The number of nitrogens with one attached hydrogen (secondary N) is 1. The number of hydrogen-bond donors (Lipinski definition) is 1. The Morgan fingerprint density at radius 2 is 2.19 bits per heavy atom. The Bertz CT molecular complexity index is 638. The second-order valence-corrected chi connectivity index (χ2v) is 6.09. The van der Waals surface area contributed by atoms with Gasteiger partial charge in [0, 0.05) is 12.7 Å². The molecular formula is C13H13N5OS2. The summed E-state index contributed by atoms with van der Waals surface area (Å²) in [5.41, 5.74) is 0.720. The average Bonchev–Trinajstić information content (AvgIpc) is 2.99. The molecule has 0 fully saturated rings. The largest absolute Gasteiger partial charge is 0.363 e. The Labute approximate surface area is 130 Å².